The minimum atomic E-state index is -4.46. The Hall–Kier alpha value is -1.36. The van der Waals surface area contributed by atoms with Gasteiger partial charge in [-0.25, -0.2) is 21.9 Å². The van der Waals surface area contributed by atoms with E-state index in [0.29, 0.717) is 6.54 Å². The van der Waals surface area contributed by atoms with Gasteiger partial charge in [-0.2, -0.15) is 13.9 Å². The highest BCUT2D eigenvalue weighted by Crippen LogP contribution is 2.23. The monoisotopic (exact) mass is 304 g/mol. The van der Waals surface area contributed by atoms with Crippen molar-refractivity contribution in [1.29, 1.82) is 0 Å². The van der Waals surface area contributed by atoms with Crippen molar-refractivity contribution < 1.29 is 26.0 Å². The first kappa shape index (κ1) is 15.7. The molecule has 1 aromatic rings. The van der Waals surface area contributed by atoms with Crippen molar-refractivity contribution in [3.63, 3.8) is 0 Å². The van der Waals surface area contributed by atoms with Gasteiger partial charge < -0.3 is 5.73 Å². The summed E-state index contributed by atoms with van der Waals surface area (Å²) in [6, 6.07) is 0. The maximum absolute atomic E-state index is 12.6. The molecule has 11 heteroatoms. The number of aromatic nitrogens is 2. The number of nitrogens with two attached hydrogens (primary N) is 1. The molecule has 0 atom stereocenters. The second-order valence-corrected chi connectivity index (χ2v) is 5.36. The molecule has 110 valence electrons. The molecule has 0 bridgehead atoms. The molecule has 0 aliphatic rings. The summed E-state index contributed by atoms with van der Waals surface area (Å²) in [6.07, 6.45) is -2.94. The SMILES string of the molecule is CCn1cc(S(=O)(=O)NCC(F)(F)C(F)F)c(N)n1. The summed E-state index contributed by atoms with van der Waals surface area (Å²) in [5.74, 6) is -4.85. The standard InChI is InChI=1S/C8H12F4N4O2S/c1-2-16-3-5(6(13)15-16)19(17,18)14-4-8(11,12)7(9)10/h3,7,14H,2,4H2,1H3,(H2,13,15). The summed E-state index contributed by atoms with van der Waals surface area (Å²) < 4.78 is 74.9. The predicted molar refractivity (Wildman–Crippen MR) is 58.5 cm³/mol. The number of sulfonamides is 1. The van der Waals surface area contributed by atoms with Crippen molar-refractivity contribution in [1.82, 2.24) is 14.5 Å². The lowest BCUT2D eigenvalue weighted by molar-refractivity contribution is -0.122. The average molecular weight is 304 g/mol. The van der Waals surface area contributed by atoms with Crippen LogP contribution in [0.25, 0.3) is 0 Å². The number of aryl methyl sites for hydroxylation is 1. The Balaban J connectivity index is 2.90. The Kier molecular flexibility index (Phi) is 4.40. The van der Waals surface area contributed by atoms with Gasteiger partial charge in [0, 0.05) is 12.7 Å². The molecule has 0 radical (unpaired) electrons. The maximum Gasteiger partial charge on any atom is 0.320 e. The quantitative estimate of drug-likeness (QED) is 0.756. The van der Waals surface area contributed by atoms with E-state index >= 15 is 0 Å². The lowest BCUT2D eigenvalue weighted by atomic mass is 10.4. The molecule has 3 N–H and O–H groups in total. The molecule has 0 aliphatic heterocycles. The van der Waals surface area contributed by atoms with Gasteiger partial charge in [-0.1, -0.05) is 0 Å². The van der Waals surface area contributed by atoms with Crippen LogP contribution in [0.15, 0.2) is 11.1 Å². The number of alkyl halides is 4. The van der Waals surface area contributed by atoms with Crippen molar-refractivity contribution in [2.24, 2.45) is 0 Å². The van der Waals surface area contributed by atoms with Crippen LogP contribution in [0, 0.1) is 0 Å². The lowest BCUT2D eigenvalue weighted by Crippen LogP contribution is -2.41. The molecule has 0 aliphatic carbocycles. The Morgan fingerprint density at radius 2 is 2.11 bits per heavy atom. The first-order valence-corrected chi connectivity index (χ1v) is 6.57. The molecule has 1 rings (SSSR count). The first-order chi connectivity index (χ1) is 8.60. The van der Waals surface area contributed by atoms with E-state index < -0.39 is 39.6 Å². The van der Waals surface area contributed by atoms with Crippen LogP contribution in [0.4, 0.5) is 23.4 Å². The van der Waals surface area contributed by atoms with E-state index in [1.165, 1.54) is 9.40 Å². The van der Waals surface area contributed by atoms with Crippen molar-refractivity contribution in [3.05, 3.63) is 6.20 Å². The van der Waals surface area contributed by atoms with Crippen LogP contribution in [0.2, 0.25) is 0 Å². The largest absolute Gasteiger partial charge is 0.381 e. The highest BCUT2D eigenvalue weighted by molar-refractivity contribution is 7.89. The average Bonchev–Trinajstić information content (AvgIpc) is 2.69. The number of anilines is 1. The Morgan fingerprint density at radius 3 is 2.53 bits per heavy atom. The number of hydrogen-bond donors (Lipinski definition) is 2. The number of nitrogens with zero attached hydrogens (tertiary/aromatic N) is 2. The van der Waals surface area contributed by atoms with Gasteiger partial charge in [0.25, 0.3) is 0 Å². The van der Waals surface area contributed by atoms with E-state index in [2.05, 4.69) is 5.10 Å². The molecule has 0 unspecified atom stereocenters. The Morgan fingerprint density at radius 1 is 1.53 bits per heavy atom. The predicted octanol–water partition coefficient (Wildman–Crippen LogP) is 0.664. The van der Waals surface area contributed by atoms with Crippen LogP contribution in [0.5, 0.6) is 0 Å². The normalized spacial score (nSPS) is 13.2. The summed E-state index contributed by atoms with van der Waals surface area (Å²) in [4.78, 5) is -0.528. The third-order valence-corrected chi connectivity index (χ3v) is 3.60. The Bertz CT molecular complexity index is 543. The van der Waals surface area contributed by atoms with Gasteiger partial charge in [-0.15, -0.1) is 0 Å². The molecule has 0 spiro atoms. The van der Waals surface area contributed by atoms with Gasteiger partial charge in [-0.05, 0) is 6.92 Å². The molecule has 1 heterocycles. The fraction of sp³-hybridized carbons (Fsp3) is 0.625. The first-order valence-electron chi connectivity index (χ1n) is 5.08. The van der Waals surface area contributed by atoms with Crippen LogP contribution in [-0.4, -0.2) is 37.1 Å². The van der Waals surface area contributed by atoms with Crippen LogP contribution >= 0.6 is 0 Å². The fourth-order valence-electron chi connectivity index (χ4n) is 1.13. The van der Waals surface area contributed by atoms with Crippen molar-refractivity contribution in [3.8, 4) is 0 Å². The molecule has 0 amide bonds. The van der Waals surface area contributed by atoms with Gasteiger partial charge in [-0.3, -0.25) is 4.68 Å². The number of rotatable bonds is 6. The van der Waals surface area contributed by atoms with Crippen molar-refractivity contribution >= 4 is 15.8 Å². The van der Waals surface area contributed by atoms with Crippen LogP contribution in [0.1, 0.15) is 6.92 Å². The molecule has 0 fully saturated rings. The van der Waals surface area contributed by atoms with Gasteiger partial charge >= 0.3 is 12.3 Å². The van der Waals surface area contributed by atoms with Crippen LogP contribution < -0.4 is 10.5 Å². The highest BCUT2D eigenvalue weighted by Gasteiger charge is 2.41. The van der Waals surface area contributed by atoms with Crippen molar-refractivity contribution in [2.45, 2.75) is 30.7 Å². The molecule has 1 aromatic heterocycles. The molecule has 0 saturated carbocycles. The van der Waals surface area contributed by atoms with Gasteiger partial charge in [0.15, 0.2) is 5.82 Å². The van der Waals surface area contributed by atoms with Crippen LogP contribution in [-0.2, 0) is 16.6 Å². The smallest absolute Gasteiger partial charge is 0.320 e. The summed E-state index contributed by atoms with van der Waals surface area (Å²) >= 11 is 0. The molecule has 0 aromatic carbocycles. The second kappa shape index (κ2) is 5.33. The lowest BCUT2D eigenvalue weighted by Gasteiger charge is -2.15. The number of nitrogen functional groups attached to an aromatic ring is 1. The maximum atomic E-state index is 12.6. The molecular formula is C8H12F4N4O2S. The molecule has 6 nitrogen and oxygen atoms in total. The van der Waals surface area contributed by atoms with Crippen molar-refractivity contribution in [2.75, 3.05) is 12.3 Å². The van der Waals surface area contributed by atoms with Gasteiger partial charge in [0.05, 0.1) is 6.54 Å². The van der Waals surface area contributed by atoms with Crippen LogP contribution in [0.3, 0.4) is 0 Å². The number of nitrogens with one attached hydrogen (secondary N) is 1. The Labute approximate surface area is 106 Å². The van der Waals surface area contributed by atoms with E-state index in [4.69, 9.17) is 5.73 Å². The zero-order valence-electron chi connectivity index (χ0n) is 9.78. The van der Waals surface area contributed by atoms with E-state index in [1.54, 1.807) is 6.92 Å². The second-order valence-electron chi connectivity index (χ2n) is 3.62. The summed E-state index contributed by atoms with van der Waals surface area (Å²) in [5, 5.41) is 3.61. The summed E-state index contributed by atoms with van der Waals surface area (Å²) in [5.41, 5.74) is 5.32. The minimum absolute atomic E-state index is 0.312. The van der Waals surface area contributed by atoms with E-state index in [1.807, 2.05) is 0 Å². The van der Waals surface area contributed by atoms with Gasteiger partial charge in [0.1, 0.15) is 4.90 Å². The number of hydrogen-bond acceptors (Lipinski definition) is 4. The number of halogens is 4. The zero-order valence-corrected chi connectivity index (χ0v) is 10.6. The topological polar surface area (TPSA) is 90.0 Å². The summed E-state index contributed by atoms with van der Waals surface area (Å²) in [6.45, 7) is 0.248. The van der Waals surface area contributed by atoms with E-state index in [-0.39, 0.29) is 0 Å². The minimum Gasteiger partial charge on any atom is -0.381 e. The van der Waals surface area contributed by atoms with Gasteiger partial charge in [0.2, 0.25) is 10.0 Å². The van der Waals surface area contributed by atoms with E-state index in [9.17, 15) is 26.0 Å². The fourth-order valence-corrected chi connectivity index (χ4v) is 2.25. The molecule has 19 heavy (non-hydrogen) atoms. The third-order valence-electron chi connectivity index (χ3n) is 2.19. The summed E-state index contributed by atoms with van der Waals surface area (Å²) in [7, 11) is -4.42. The third kappa shape index (κ3) is 3.56. The zero-order chi connectivity index (χ0) is 14.8. The highest BCUT2D eigenvalue weighted by atomic mass is 32.2. The van der Waals surface area contributed by atoms with E-state index in [0.717, 1.165) is 6.20 Å². The molecular weight excluding hydrogens is 292 g/mol. The molecule has 0 saturated heterocycles.